The van der Waals surface area contributed by atoms with E-state index in [4.69, 9.17) is 4.43 Å². The van der Waals surface area contributed by atoms with Gasteiger partial charge in [-0.25, -0.2) is 14.4 Å². The van der Waals surface area contributed by atoms with Crippen LogP contribution in [0.15, 0.2) is 73.1 Å². The third kappa shape index (κ3) is 4.60. The molecule has 0 aliphatic carbocycles. The zero-order valence-corrected chi connectivity index (χ0v) is 21.2. The van der Waals surface area contributed by atoms with Crippen molar-refractivity contribution in [2.45, 2.75) is 45.5 Å². The SMILES string of the molecule is CC(C)(C)[Si](C)(C)OCc1ccnn1-c1ccccc1N(C(=O)O)c1cnc2ccccc2c1. The van der Waals surface area contributed by atoms with Crippen molar-refractivity contribution in [2.24, 2.45) is 0 Å². The molecule has 0 spiro atoms. The molecule has 34 heavy (non-hydrogen) atoms. The van der Waals surface area contributed by atoms with Crippen molar-refractivity contribution in [3.8, 4) is 5.69 Å². The van der Waals surface area contributed by atoms with Crippen LogP contribution in [0.3, 0.4) is 0 Å². The summed E-state index contributed by atoms with van der Waals surface area (Å²) in [5.41, 5.74) is 3.27. The van der Waals surface area contributed by atoms with E-state index in [0.717, 1.165) is 16.6 Å². The Bertz CT molecular complexity index is 1330. The molecule has 1 N–H and O–H groups in total. The summed E-state index contributed by atoms with van der Waals surface area (Å²) in [6.45, 7) is 11.4. The van der Waals surface area contributed by atoms with Crippen molar-refractivity contribution >= 4 is 36.7 Å². The Morgan fingerprint density at radius 1 is 1.09 bits per heavy atom. The number of amides is 1. The molecule has 0 aliphatic rings. The molecular formula is C26H30N4O3Si. The lowest BCUT2D eigenvalue weighted by atomic mass is 10.2. The topological polar surface area (TPSA) is 80.5 Å². The molecule has 2 aromatic carbocycles. The minimum absolute atomic E-state index is 0.0823. The maximum atomic E-state index is 12.5. The van der Waals surface area contributed by atoms with E-state index in [-0.39, 0.29) is 5.04 Å². The first-order chi connectivity index (χ1) is 16.1. The second-order valence-electron chi connectivity index (χ2n) is 9.78. The third-order valence-electron chi connectivity index (χ3n) is 6.48. The Hall–Kier alpha value is -3.49. The van der Waals surface area contributed by atoms with Crippen LogP contribution in [0.4, 0.5) is 16.2 Å². The van der Waals surface area contributed by atoms with Crippen LogP contribution < -0.4 is 4.90 Å². The van der Waals surface area contributed by atoms with Crippen molar-refractivity contribution < 1.29 is 14.3 Å². The molecule has 0 unspecified atom stereocenters. The van der Waals surface area contributed by atoms with E-state index >= 15 is 0 Å². The van der Waals surface area contributed by atoms with Crippen LogP contribution in [0, 0.1) is 0 Å². The summed E-state index contributed by atoms with van der Waals surface area (Å²) in [7, 11) is -1.97. The van der Waals surface area contributed by atoms with E-state index in [1.54, 1.807) is 23.1 Å². The van der Waals surface area contributed by atoms with Gasteiger partial charge in [-0.1, -0.05) is 51.1 Å². The first kappa shape index (κ1) is 23.7. The van der Waals surface area contributed by atoms with Crippen molar-refractivity contribution in [3.63, 3.8) is 0 Å². The summed E-state index contributed by atoms with van der Waals surface area (Å²) < 4.78 is 8.18. The monoisotopic (exact) mass is 474 g/mol. The fraction of sp³-hybridized carbons (Fsp3) is 0.269. The second kappa shape index (κ2) is 9.04. The molecule has 4 rings (SSSR count). The lowest BCUT2D eigenvalue weighted by Gasteiger charge is -2.36. The number of anilines is 2. The number of hydrogen-bond donors (Lipinski definition) is 1. The molecule has 7 nitrogen and oxygen atoms in total. The van der Waals surface area contributed by atoms with Crippen molar-refractivity contribution in [3.05, 3.63) is 78.8 Å². The average molecular weight is 475 g/mol. The normalized spacial score (nSPS) is 12.1. The number of benzene rings is 2. The van der Waals surface area contributed by atoms with E-state index in [1.807, 2.05) is 54.6 Å². The van der Waals surface area contributed by atoms with Gasteiger partial charge >= 0.3 is 6.09 Å². The van der Waals surface area contributed by atoms with E-state index in [1.165, 1.54) is 4.90 Å². The molecule has 1 amide bonds. The molecule has 2 heterocycles. The summed E-state index contributed by atoms with van der Waals surface area (Å²) in [6.07, 6.45) is 2.19. The number of carbonyl (C=O) groups is 1. The summed E-state index contributed by atoms with van der Waals surface area (Å²) in [6, 6.07) is 18.7. The second-order valence-corrected chi connectivity index (χ2v) is 14.6. The highest BCUT2D eigenvalue weighted by molar-refractivity contribution is 6.74. The van der Waals surface area contributed by atoms with Crippen LogP contribution in [0.5, 0.6) is 0 Å². The summed E-state index contributed by atoms with van der Waals surface area (Å²) in [4.78, 5) is 18.2. The van der Waals surface area contributed by atoms with E-state index < -0.39 is 14.4 Å². The lowest BCUT2D eigenvalue weighted by molar-refractivity contribution is 0.204. The zero-order chi connectivity index (χ0) is 24.5. The van der Waals surface area contributed by atoms with Gasteiger partial charge in [0.05, 0.1) is 41.1 Å². The molecule has 0 bridgehead atoms. The minimum atomic E-state index is -1.97. The van der Waals surface area contributed by atoms with Crippen LogP contribution in [0.1, 0.15) is 26.5 Å². The molecule has 8 heteroatoms. The maximum Gasteiger partial charge on any atom is 0.416 e. The number of aromatic nitrogens is 3. The smallest absolute Gasteiger partial charge is 0.416 e. The first-order valence-corrected chi connectivity index (χ1v) is 14.1. The summed E-state index contributed by atoms with van der Waals surface area (Å²) >= 11 is 0. The fourth-order valence-corrected chi connectivity index (χ4v) is 4.44. The highest BCUT2D eigenvalue weighted by Crippen LogP contribution is 2.37. The van der Waals surface area contributed by atoms with Crippen molar-refractivity contribution in [1.82, 2.24) is 14.8 Å². The molecule has 0 atom stereocenters. The number of pyridine rings is 1. The predicted molar refractivity (Wildman–Crippen MR) is 137 cm³/mol. The Labute approximate surface area is 200 Å². The molecular weight excluding hydrogens is 444 g/mol. The highest BCUT2D eigenvalue weighted by atomic mass is 28.4. The van der Waals surface area contributed by atoms with Gasteiger partial charge in [-0.15, -0.1) is 0 Å². The highest BCUT2D eigenvalue weighted by Gasteiger charge is 2.37. The molecule has 0 saturated carbocycles. The van der Waals surface area contributed by atoms with Crippen LogP contribution >= 0.6 is 0 Å². The van der Waals surface area contributed by atoms with Gasteiger partial charge in [0.1, 0.15) is 0 Å². The van der Waals surface area contributed by atoms with Crippen molar-refractivity contribution in [2.75, 3.05) is 4.90 Å². The van der Waals surface area contributed by atoms with E-state index in [2.05, 4.69) is 43.9 Å². The van der Waals surface area contributed by atoms with Gasteiger partial charge < -0.3 is 9.53 Å². The lowest BCUT2D eigenvalue weighted by Crippen LogP contribution is -2.40. The number of nitrogens with zero attached hydrogens (tertiary/aromatic N) is 4. The Kier molecular flexibility index (Phi) is 6.29. The van der Waals surface area contributed by atoms with Gasteiger partial charge in [-0.3, -0.25) is 4.98 Å². The summed E-state index contributed by atoms with van der Waals surface area (Å²) in [5.74, 6) is 0. The Morgan fingerprint density at radius 2 is 1.79 bits per heavy atom. The average Bonchev–Trinajstić information content (AvgIpc) is 3.26. The van der Waals surface area contributed by atoms with Crippen LogP contribution in [0.25, 0.3) is 16.6 Å². The van der Waals surface area contributed by atoms with Crippen LogP contribution in [-0.4, -0.2) is 34.3 Å². The molecule has 2 aromatic heterocycles. The van der Waals surface area contributed by atoms with Gasteiger partial charge in [-0.05, 0) is 48.5 Å². The number of para-hydroxylation sites is 3. The van der Waals surface area contributed by atoms with E-state index in [9.17, 15) is 9.90 Å². The van der Waals surface area contributed by atoms with Gasteiger partial charge in [0.15, 0.2) is 8.32 Å². The zero-order valence-electron chi connectivity index (χ0n) is 20.2. The molecule has 0 fully saturated rings. The Morgan fingerprint density at radius 3 is 2.53 bits per heavy atom. The van der Waals surface area contributed by atoms with Crippen LogP contribution in [-0.2, 0) is 11.0 Å². The van der Waals surface area contributed by atoms with E-state index in [0.29, 0.717) is 23.7 Å². The quantitative estimate of drug-likeness (QED) is 0.312. The third-order valence-corrected chi connectivity index (χ3v) is 11.0. The maximum absolute atomic E-state index is 12.5. The largest absolute Gasteiger partial charge is 0.464 e. The first-order valence-electron chi connectivity index (χ1n) is 11.2. The standard InChI is InChI=1S/C26H30N4O3Si/c1-26(2,3)34(4,5)33-18-20-14-15-28-30(20)24-13-9-8-12-23(24)29(25(31)32)21-16-19-10-6-7-11-22(19)27-17-21/h6-17H,18H2,1-5H3,(H,31,32). The van der Waals surface area contributed by atoms with Gasteiger partial charge in [-0.2, -0.15) is 5.10 Å². The van der Waals surface area contributed by atoms with Crippen molar-refractivity contribution in [1.29, 1.82) is 0 Å². The number of rotatable bonds is 6. The van der Waals surface area contributed by atoms with Gasteiger partial charge in [0.25, 0.3) is 0 Å². The number of carboxylic acid groups (broad SMARTS) is 1. The molecule has 0 aliphatic heterocycles. The fourth-order valence-electron chi connectivity index (χ4n) is 3.49. The number of hydrogen-bond acceptors (Lipinski definition) is 4. The molecule has 0 saturated heterocycles. The van der Waals surface area contributed by atoms with Gasteiger partial charge in [0, 0.05) is 11.6 Å². The molecule has 176 valence electrons. The minimum Gasteiger partial charge on any atom is -0.464 e. The number of fused-ring (bicyclic) bond motifs is 1. The summed E-state index contributed by atoms with van der Waals surface area (Å²) in [5, 5.41) is 15.7. The Balaban J connectivity index is 1.74. The molecule has 0 radical (unpaired) electrons. The van der Waals surface area contributed by atoms with Gasteiger partial charge in [0.2, 0.25) is 0 Å². The molecule has 4 aromatic rings. The van der Waals surface area contributed by atoms with Crippen LogP contribution in [0.2, 0.25) is 18.1 Å². The predicted octanol–water partition coefficient (Wildman–Crippen LogP) is 6.76.